The van der Waals surface area contributed by atoms with Crippen molar-refractivity contribution < 1.29 is 0 Å². The first-order valence-corrected chi connectivity index (χ1v) is 11.6. The lowest BCUT2D eigenvalue weighted by Crippen LogP contribution is -2.38. The van der Waals surface area contributed by atoms with Crippen LogP contribution in [0, 0.1) is 6.92 Å². The van der Waals surface area contributed by atoms with Gasteiger partial charge in [0.25, 0.3) is 5.95 Å². The molecule has 0 saturated carbocycles. The highest BCUT2D eigenvalue weighted by molar-refractivity contribution is 6.42. The van der Waals surface area contributed by atoms with Gasteiger partial charge in [-0.2, -0.15) is 9.98 Å². The molecule has 9 heteroatoms. The van der Waals surface area contributed by atoms with Gasteiger partial charge in [-0.3, -0.25) is 4.90 Å². The van der Waals surface area contributed by atoms with Crippen LogP contribution in [0.4, 0.5) is 17.5 Å². The van der Waals surface area contributed by atoms with E-state index in [1.54, 1.807) is 18.2 Å². The topological polar surface area (TPSA) is 91.5 Å². The van der Waals surface area contributed by atoms with Gasteiger partial charge in [0, 0.05) is 43.1 Å². The standard InChI is InChI=1S/C24H27Cl2N7/c1-16-13-22(29-18-9-11-33(12-10-18)15-17-5-3-2-4-6-17)31-24(28-16)32-23(27)30-19-7-8-20(25)21(26)14-19/h2-8,13-14,18H,9-12,15H2,1H3,(H4,27,28,29,30,31,32). The quantitative estimate of drug-likeness (QED) is 0.328. The number of hydrogen-bond acceptors (Lipinski definition) is 5. The third-order valence-corrected chi connectivity index (χ3v) is 6.18. The number of hydrogen-bond donors (Lipinski definition) is 3. The molecule has 0 amide bonds. The number of guanidine groups is 1. The highest BCUT2D eigenvalue weighted by atomic mass is 35.5. The molecule has 1 aliphatic heterocycles. The number of rotatable bonds is 6. The molecule has 0 atom stereocenters. The summed E-state index contributed by atoms with van der Waals surface area (Å²) in [5.41, 5.74) is 8.89. The molecule has 4 N–H and O–H groups in total. The SMILES string of the molecule is Cc1cc(NC2CCN(Cc3ccccc3)CC2)nc(/N=C(\N)Nc2ccc(Cl)c(Cl)c2)n1. The number of nitrogens with zero attached hydrogens (tertiary/aromatic N) is 4. The first-order valence-electron chi connectivity index (χ1n) is 10.9. The molecule has 1 saturated heterocycles. The average molecular weight is 484 g/mol. The fourth-order valence-corrected chi connectivity index (χ4v) is 4.12. The molecule has 1 aliphatic rings. The van der Waals surface area contributed by atoms with Gasteiger partial charge in [0.05, 0.1) is 10.0 Å². The van der Waals surface area contributed by atoms with E-state index >= 15 is 0 Å². The fraction of sp³-hybridized carbons (Fsp3) is 0.292. The zero-order valence-corrected chi connectivity index (χ0v) is 19.9. The number of aliphatic imine (C=N–C) groups is 1. The van der Waals surface area contributed by atoms with Gasteiger partial charge in [-0.15, -0.1) is 0 Å². The van der Waals surface area contributed by atoms with Crippen molar-refractivity contribution in [1.82, 2.24) is 14.9 Å². The Balaban J connectivity index is 1.35. The maximum Gasteiger partial charge on any atom is 0.254 e. The second kappa shape index (κ2) is 10.8. The maximum absolute atomic E-state index is 6.05. The Morgan fingerprint density at radius 2 is 1.82 bits per heavy atom. The van der Waals surface area contributed by atoms with E-state index in [1.165, 1.54) is 5.56 Å². The van der Waals surface area contributed by atoms with Gasteiger partial charge in [0.15, 0.2) is 0 Å². The van der Waals surface area contributed by atoms with Gasteiger partial charge in [-0.1, -0.05) is 53.5 Å². The van der Waals surface area contributed by atoms with Crippen LogP contribution in [0.2, 0.25) is 10.0 Å². The average Bonchev–Trinajstić information content (AvgIpc) is 2.78. The normalized spacial score (nSPS) is 15.4. The number of piperidine rings is 1. The molecule has 172 valence electrons. The van der Waals surface area contributed by atoms with Crippen molar-refractivity contribution in [1.29, 1.82) is 0 Å². The molecule has 3 aromatic rings. The zero-order valence-electron chi connectivity index (χ0n) is 18.4. The molecule has 1 fully saturated rings. The Kier molecular flexibility index (Phi) is 7.65. The predicted molar refractivity (Wildman–Crippen MR) is 136 cm³/mol. The Hall–Kier alpha value is -2.87. The van der Waals surface area contributed by atoms with Gasteiger partial charge >= 0.3 is 0 Å². The third-order valence-electron chi connectivity index (χ3n) is 5.44. The number of nitrogens with two attached hydrogens (primary N) is 1. The fourth-order valence-electron chi connectivity index (χ4n) is 3.82. The van der Waals surface area contributed by atoms with Gasteiger partial charge in [0.1, 0.15) is 5.82 Å². The molecule has 0 unspecified atom stereocenters. The second-order valence-electron chi connectivity index (χ2n) is 8.13. The highest BCUT2D eigenvalue weighted by Crippen LogP contribution is 2.25. The van der Waals surface area contributed by atoms with Crippen LogP contribution >= 0.6 is 23.2 Å². The molecule has 0 radical (unpaired) electrons. The number of nitrogens with one attached hydrogen (secondary N) is 2. The van der Waals surface area contributed by atoms with Crippen molar-refractivity contribution in [3.8, 4) is 0 Å². The van der Waals surface area contributed by atoms with Crippen LogP contribution in [0.25, 0.3) is 0 Å². The summed E-state index contributed by atoms with van der Waals surface area (Å²) in [7, 11) is 0. The Morgan fingerprint density at radius 1 is 1.06 bits per heavy atom. The molecule has 0 bridgehead atoms. The number of likely N-dealkylation sites (tertiary alicyclic amines) is 1. The summed E-state index contributed by atoms with van der Waals surface area (Å²) >= 11 is 12.0. The van der Waals surface area contributed by atoms with E-state index in [1.807, 2.05) is 13.0 Å². The van der Waals surface area contributed by atoms with Crippen molar-refractivity contribution in [2.75, 3.05) is 23.7 Å². The molecule has 33 heavy (non-hydrogen) atoms. The van der Waals surface area contributed by atoms with Crippen LogP contribution < -0.4 is 16.4 Å². The lowest BCUT2D eigenvalue weighted by atomic mass is 10.0. The number of halogens is 2. The molecule has 4 rings (SSSR count). The lowest BCUT2D eigenvalue weighted by molar-refractivity contribution is 0.211. The molecule has 7 nitrogen and oxygen atoms in total. The minimum Gasteiger partial charge on any atom is -0.369 e. The van der Waals surface area contributed by atoms with Crippen molar-refractivity contribution in [2.45, 2.75) is 32.4 Å². The van der Waals surface area contributed by atoms with Crippen molar-refractivity contribution in [2.24, 2.45) is 10.7 Å². The second-order valence-corrected chi connectivity index (χ2v) is 8.94. The summed E-state index contributed by atoms with van der Waals surface area (Å²) in [6, 6.07) is 18.0. The molecule has 2 aromatic carbocycles. The third kappa shape index (κ3) is 6.81. The minimum absolute atomic E-state index is 0.166. The largest absolute Gasteiger partial charge is 0.369 e. The number of benzene rings is 2. The van der Waals surface area contributed by atoms with E-state index in [-0.39, 0.29) is 5.96 Å². The molecular weight excluding hydrogens is 457 g/mol. The van der Waals surface area contributed by atoms with Crippen molar-refractivity contribution in [3.63, 3.8) is 0 Å². The molecule has 0 aliphatic carbocycles. The Labute approximate surface area is 204 Å². The van der Waals surface area contributed by atoms with E-state index in [2.05, 4.69) is 60.8 Å². The Bertz CT molecular complexity index is 1110. The molecular formula is C24H27Cl2N7. The molecule has 1 aromatic heterocycles. The smallest absolute Gasteiger partial charge is 0.254 e. The van der Waals surface area contributed by atoms with Gasteiger partial charge in [-0.25, -0.2) is 4.98 Å². The zero-order chi connectivity index (χ0) is 23.2. The predicted octanol–water partition coefficient (Wildman–Crippen LogP) is 5.23. The van der Waals surface area contributed by atoms with Gasteiger partial charge in [-0.05, 0) is 43.5 Å². The van der Waals surface area contributed by atoms with Crippen LogP contribution in [0.15, 0.2) is 59.6 Å². The minimum atomic E-state index is 0.166. The molecule has 0 spiro atoms. The maximum atomic E-state index is 6.05. The van der Waals surface area contributed by atoms with Crippen LogP contribution in [0.1, 0.15) is 24.1 Å². The monoisotopic (exact) mass is 483 g/mol. The lowest BCUT2D eigenvalue weighted by Gasteiger charge is -2.32. The summed E-state index contributed by atoms with van der Waals surface area (Å²) < 4.78 is 0. The van der Waals surface area contributed by atoms with E-state index in [9.17, 15) is 0 Å². The van der Waals surface area contributed by atoms with Crippen molar-refractivity contribution in [3.05, 3.63) is 75.9 Å². The summed E-state index contributed by atoms with van der Waals surface area (Å²) in [5, 5.41) is 7.43. The summed E-state index contributed by atoms with van der Waals surface area (Å²) in [6.45, 7) is 4.99. The first-order chi connectivity index (χ1) is 15.9. The summed E-state index contributed by atoms with van der Waals surface area (Å²) in [4.78, 5) is 15.7. The highest BCUT2D eigenvalue weighted by Gasteiger charge is 2.19. The van der Waals surface area contributed by atoms with Gasteiger partial charge in [0.2, 0.25) is 5.96 Å². The van der Waals surface area contributed by atoms with Crippen LogP contribution in [-0.4, -0.2) is 40.0 Å². The first kappa shape index (κ1) is 23.3. The number of aromatic nitrogens is 2. The van der Waals surface area contributed by atoms with Crippen LogP contribution in [0.5, 0.6) is 0 Å². The van der Waals surface area contributed by atoms with Crippen LogP contribution in [-0.2, 0) is 6.54 Å². The van der Waals surface area contributed by atoms with E-state index in [0.717, 1.165) is 44.0 Å². The van der Waals surface area contributed by atoms with E-state index < -0.39 is 0 Å². The van der Waals surface area contributed by atoms with E-state index in [0.29, 0.717) is 27.7 Å². The number of aryl methyl sites for hydroxylation is 1. The molecule has 2 heterocycles. The van der Waals surface area contributed by atoms with E-state index in [4.69, 9.17) is 28.9 Å². The Morgan fingerprint density at radius 3 is 2.55 bits per heavy atom. The number of anilines is 2. The van der Waals surface area contributed by atoms with Crippen LogP contribution in [0.3, 0.4) is 0 Å². The summed E-state index contributed by atoms with van der Waals surface area (Å²) in [5.74, 6) is 1.22. The summed E-state index contributed by atoms with van der Waals surface area (Å²) in [6.07, 6.45) is 2.10. The van der Waals surface area contributed by atoms with Crippen molar-refractivity contribution >= 4 is 46.6 Å². The van der Waals surface area contributed by atoms with Gasteiger partial charge < -0.3 is 16.4 Å².